The number of nitrogens with zero attached hydrogens (tertiary/aromatic N) is 4. The molecule has 1 saturated heterocycles. The van der Waals surface area contributed by atoms with Crippen LogP contribution in [-0.4, -0.2) is 64.6 Å². The molecule has 19 heavy (non-hydrogen) atoms. The molecular formula is C10H12N4O4S. The highest BCUT2D eigenvalue weighted by Gasteiger charge is 2.43. The van der Waals surface area contributed by atoms with E-state index < -0.39 is 23.7 Å². The van der Waals surface area contributed by atoms with Gasteiger partial charge in [-0.1, -0.05) is 0 Å². The standard InChI is InChI=1S/C10H12N4O4S/c15-2-6-7(16)8(17)10(18-6)19-14-1-5-9(13-4-14)12-3-11-5/h1,3-4,6-8,10,15-17H,2H2/t6-,7-,8-,10+/m1/s1. The third-order valence-corrected chi connectivity index (χ3v) is 3.91. The van der Waals surface area contributed by atoms with E-state index in [0.717, 1.165) is 11.9 Å². The van der Waals surface area contributed by atoms with Crippen LogP contribution in [0.15, 0.2) is 18.9 Å². The van der Waals surface area contributed by atoms with Crippen molar-refractivity contribution in [2.45, 2.75) is 23.7 Å². The molecule has 9 heteroatoms. The van der Waals surface area contributed by atoms with Crippen LogP contribution < -0.4 is 0 Å². The zero-order chi connectivity index (χ0) is 13.4. The fourth-order valence-corrected chi connectivity index (χ4v) is 2.84. The highest BCUT2D eigenvalue weighted by Crippen LogP contribution is 2.30. The lowest BCUT2D eigenvalue weighted by Gasteiger charge is -2.15. The van der Waals surface area contributed by atoms with Crippen LogP contribution in [0.3, 0.4) is 0 Å². The van der Waals surface area contributed by atoms with Gasteiger partial charge in [-0.25, -0.2) is 15.0 Å². The Morgan fingerprint density at radius 1 is 1.26 bits per heavy atom. The Morgan fingerprint density at radius 3 is 2.84 bits per heavy atom. The van der Waals surface area contributed by atoms with Crippen molar-refractivity contribution in [3.05, 3.63) is 18.9 Å². The number of hydrogen-bond donors (Lipinski definition) is 3. The summed E-state index contributed by atoms with van der Waals surface area (Å²) in [5, 5.41) is 28.5. The minimum absolute atomic E-state index is 0.342. The lowest BCUT2D eigenvalue weighted by molar-refractivity contribution is -0.00812. The van der Waals surface area contributed by atoms with Gasteiger partial charge >= 0.3 is 0 Å². The normalized spacial score (nSPS) is 31.1. The molecule has 0 aromatic carbocycles. The first-order valence-electron chi connectivity index (χ1n) is 5.63. The van der Waals surface area contributed by atoms with E-state index in [1.165, 1.54) is 12.7 Å². The summed E-state index contributed by atoms with van der Waals surface area (Å²) in [4.78, 5) is 12.0. The summed E-state index contributed by atoms with van der Waals surface area (Å²) in [6.45, 7) is -0.342. The van der Waals surface area contributed by atoms with Crippen LogP contribution in [0.5, 0.6) is 0 Å². The van der Waals surface area contributed by atoms with E-state index in [-0.39, 0.29) is 6.61 Å². The molecule has 0 bridgehead atoms. The largest absolute Gasteiger partial charge is 0.394 e. The van der Waals surface area contributed by atoms with Gasteiger partial charge in [-0.15, -0.1) is 0 Å². The van der Waals surface area contributed by atoms with Crippen molar-refractivity contribution < 1.29 is 20.1 Å². The summed E-state index contributed by atoms with van der Waals surface area (Å²) in [6, 6.07) is 0. The Morgan fingerprint density at radius 2 is 2.11 bits per heavy atom. The number of rotatable bonds is 3. The molecule has 3 aliphatic rings. The fraction of sp³-hybridized carbons (Fsp3) is 0.500. The summed E-state index contributed by atoms with van der Waals surface area (Å²) in [5.74, 6) is 0.540. The van der Waals surface area contributed by atoms with E-state index in [0.29, 0.717) is 11.5 Å². The van der Waals surface area contributed by atoms with Gasteiger partial charge in [0.05, 0.1) is 6.61 Å². The molecule has 4 atom stereocenters. The molecule has 1 fully saturated rings. The Labute approximate surface area is 112 Å². The quantitative estimate of drug-likeness (QED) is 0.638. The topological polar surface area (TPSA) is 114 Å². The number of fused-ring (bicyclic) bond motifs is 1. The highest BCUT2D eigenvalue weighted by molar-refractivity contribution is 7.98. The van der Waals surface area contributed by atoms with Crippen molar-refractivity contribution in [3.63, 3.8) is 0 Å². The Bertz CT molecular complexity index is 538. The lowest BCUT2D eigenvalue weighted by Crippen LogP contribution is -2.33. The van der Waals surface area contributed by atoms with Gasteiger partial charge in [-0.05, 0) is 11.9 Å². The zero-order valence-corrected chi connectivity index (χ0v) is 10.5. The van der Waals surface area contributed by atoms with Crippen LogP contribution in [0.25, 0.3) is 11.5 Å². The molecule has 0 radical (unpaired) electrons. The maximum Gasteiger partial charge on any atom is 0.182 e. The SMILES string of the molecule is OC[C@H]1O[C@@H](Sn2cnc3ncnc-3c2)[C@H](O)[C@@H]1O. The smallest absolute Gasteiger partial charge is 0.182 e. The van der Waals surface area contributed by atoms with E-state index in [1.54, 1.807) is 10.2 Å². The molecule has 102 valence electrons. The van der Waals surface area contributed by atoms with E-state index in [2.05, 4.69) is 15.0 Å². The molecular weight excluding hydrogens is 272 g/mol. The molecule has 0 aromatic rings. The van der Waals surface area contributed by atoms with Crippen molar-refractivity contribution >= 4 is 11.9 Å². The van der Waals surface area contributed by atoms with Crippen molar-refractivity contribution in [1.82, 2.24) is 18.9 Å². The molecule has 0 spiro atoms. The number of aliphatic hydroxyl groups is 3. The summed E-state index contributed by atoms with van der Waals surface area (Å²) < 4.78 is 6.98. The molecule has 0 aromatic heterocycles. The minimum Gasteiger partial charge on any atom is -0.394 e. The van der Waals surface area contributed by atoms with Crippen molar-refractivity contribution in [2.75, 3.05) is 6.61 Å². The van der Waals surface area contributed by atoms with Crippen LogP contribution in [0.4, 0.5) is 0 Å². The summed E-state index contributed by atoms with van der Waals surface area (Å²) in [5.41, 5.74) is -0.0546. The average molecular weight is 284 g/mol. The first kappa shape index (κ1) is 12.8. The van der Waals surface area contributed by atoms with Gasteiger partial charge in [0, 0.05) is 6.20 Å². The highest BCUT2D eigenvalue weighted by atomic mass is 32.2. The van der Waals surface area contributed by atoms with Gasteiger partial charge in [0.15, 0.2) is 11.3 Å². The van der Waals surface area contributed by atoms with Crippen molar-refractivity contribution in [1.29, 1.82) is 0 Å². The van der Waals surface area contributed by atoms with Gasteiger partial charge in [0.1, 0.15) is 36.7 Å². The molecule has 0 aliphatic carbocycles. The molecule has 8 nitrogen and oxygen atoms in total. The number of hydrogen-bond acceptors (Lipinski definition) is 8. The molecule has 0 saturated carbocycles. The summed E-state index contributed by atoms with van der Waals surface area (Å²) in [7, 11) is 0. The number of imidazole rings is 1. The minimum atomic E-state index is -1.10. The third-order valence-electron chi connectivity index (χ3n) is 2.87. The maximum atomic E-state index is 9.82. The molecule has 3 rings (SSSR count). The van der Waals surface area contributed by atoms with Crippen LogP contribution in [0.1, 0.15) is 0 Å². The molecule has 3 N–H and O–H groups in total. The molecule has 0 unspecified atom stereocenters. The van der Waals surface area contributed by atoms with Gasteiger partial charge in [0.2, 0.25) is 0 Å². The average Bonchev–Trinajstić information content (AvgIpc) is 2.98. The van der Waals surface area contributed by atoms with Gasteiger partial charge in [0.25, 0.3) is 0 Å². The second-order valence-corrected chi connectivity index (χ2v) is 5.23. The van der Waals surface area contributed by atoms with E-state index in [9.17, 15) is 10.2 Å². The molecule has 3 aliphatic heterocycles. The molecule has 3 heterocycles. The Balaban J connectivity index is 1.76. The second kappa shape index (κ2) is 5.02. The lowest BCUT2D eigenvalue weighted by atomic mass is 10.2. The third kappa shape index (κ3) is 2.30. The van der Waals surface area contributed by atoms with Gasteiger partial charge in [-0.3, -0.25) is 3.97 Å². The maximum absolute atomic E-state index is 9.82. The van der Waals surface area contributed by atoms with E-state index in [1.807, 2.05) is 0 Å². The van der Waals surface area contributed by atoms with Crippen molar-refractivity contribution in [2.24, 2.45) is 0 Å². The molecule has 0 amide bonds. The predicted octanol–water partition coefficient (Wildman–Crippen LogP) is -1.29. The predicted molar refractivity (Wildman–Crippen MR) is 65.2 cm³/mol. The zero-order valence-electron chi connectivity index (χ0n) is 9.70. The van der Waals surface area contributed by atoms with Crippen LogP contribution >= 0.6 is 11.9 Å². The monoisotopic (exact) mass is 284 g/mol. The number of ether oxygens (including phenoxy) is 1. The van der Waals surface area contributed by atoms with E-state index in [4.69, 9.17) is 9.84 Å². The summed E-state index contributed by atoms with van der Waals surface area (Å²) >= 11 is 1.14. The Hall–Kier alpha value is -1.26. The van der Waals surface area contributed by atoms with Crippen LogP contribution in [-0.2, 0) is 4.74 Å². The number of aromatic nitrogens is 4. The van der Waals surface area contributed by atoms with Crippen LogP contribution in [0.2, 0.25) is 0 Å². The van der Waals surface area contributed by atoms with E-state index >= 15 is 0 Å². The van der Waals surface area contributed by atoms with Crippen LogP contribution in [0, 0.1) is 0 Å². The first-order valence-corrected chi connectivity index (χ1v) is 6.47. The van der Waals surface area contributed by atoms with Gasteiger partial charge in [-0.2, -0.15) is 0 Å². The fourth-order valence-electron chi connectivity index (χ4n) is 1.86. The van der Waals surface area contributed by atoms with Gasteiger partial charge < -0.3 is 20.1 Å². The Kier molecular flexibility index (Phi) is 3.37. The van der Waals surface area contributed by atoms with Crippen molar-refractivity contribution in [3.8, 4) is 11.5 Å². The first-order chi connectivity index (χ1) is 9.19. The second-order valence-electron chi connectivity index (χ2n) is 4.13. The number of aliphatic hydroxyl groups excluding tert-OH is 3. The summed E-state index contributed by atoms with van der Waals surface area (Å²) in [6.07, 6.45) is 1.70.